The van der Waals surface area contributed by atoms with Crippen LogP contribution in [-0.4, -0.2) is 64.1 Å². The molecule has 1 amide bonds. The number of amides is 1. The molecular formula is C18H25N3O3. The minimum Gasteiger partial charge on any atom is -0.481 e. The maximum atomic E-state index is 13.0. The molecule has 2 aliphatic heterocycles. The third-order valence-electron chi connectivity index (χ3n) is 6.18. The van der Waals surface area contributed by atoms with Crippen LogP contribution in [-0.2, 0) is 4.79 Å². The van der Waals surface area contributed by atoms with Crippen molar-refractivity contribution in [3.63, 3.8) is 0 Å². The third kappa shape index (κ3) is 2.35. The van der Waals surface area contributed by atoms with E-state index in [1.54, 1.807) is 0 Å². The van der Waals surface area contributed by atoms with Crippen LogP contribution in [0.5, 0.6) is 0 Å². The smallest absolute Gasteiger partial charge is 0.311 e. The van der Waals surface area contributed by atoms with Gasteiger partial charge in [-0.3, -0.25) is 9.59 Å². The summed E-state index contributed by atoms with van der Waals surface area (Å²) in [5, 5.41) is 9.84. The zero-order chi connectivity index (χ0) is 16.9. The van der Waals surface area contributed by atoms with Gasteiger partial charge in [-0.1, -0.05) is 0 Å². The lowest BCUT2D eigenvalue weighted by Gasteiger charge is -2.51. The number of carbonyl (C=O) groups excluding carboxylic acids is 1. The number of piperidine rings is 2. The number of fused-ring (bicyclic) bond motifs is 1. The highest BCUT2D eigenvalue weighted by Crippen LogP contribution is 2.43. The Morgan fingerprint density at radius 2 is 2.04 bits per heavy atom. The first-order chi connectivity index (χ1) is 11.5. The highest BCUT2D eigenvalue weighted by Gasteiger charge is 2.53. The molecule has 6 heteroatoms. The number of nitrogens with zero attached hydrogens (tertiary/aromatic N) is 3. The molecule has 0 radical (unpaired) electrons. The molecule has 1 aliphatic carbocycles. The second-order valence-electron chi connectivity index (χ2n) is 7.59. The minimum absolute atomic E-state index is 0.0462. The highest BCUT2D eigenvalue weighted by atomic mass is 16.4. The fraction of sp³-hybridized carbons (Fsp3) is 0.667. The summed E-state index contributed by atoms with van der Waals surface area (Å²) in [7, 11) is 1.99. The zero-order valence-corrected chi connectivity index (χ0v) is 14.1. The Kier molecular flexibility index (Phi) is 3.67. The average molecular weight is 331 g/mol. The summed E-state index contributed by atoms with van der Waals surface area (Å²) in [6, 6.07) is 4.21. The van der Waals surface area contributed by atoms with Crippen LogP contribution in [0.2, 0.25) is 0 Å². The van der Waals surface area contributed by atoms with Crippen molar-refractivity contribution >= 4 is 11.9 Å². The predicted molar refractivity (Wildman–Crippen MR) is 88.9 cm³/mol. The lowest BCUT2D eigenvalue weighted by molar-refractivity contribution is -0.161. The molecule has 24 heavy (non-hydrogen) atoms. The zero-order valence-electron chi connectivity index (χ0n) is 14.1. The quantitative estimate of drug-likeness (QED) is 0.918. The first-order valence-corrected chi connectivity index (χ1v) is 8.93. The number of aromatic nitrogens is 1. The SMILES string of the molecule is CN1CCC[C@]2(C(=O)O)CCN(C(=O)c3cccn3C3CC3)C[C@@H]12. The molecular weight excluding hydrogens is 306 g/mol. The number of likely N-dealkylation sites (N-methyl/N-ethyl adjacent to an activating group) is 1. The van der Waals surface area contributed by atoms with Crippen LogP contribution in [0.3, 0.4) is 0 Å². The van der Waals surface area contributed by atoms with Crippen LogP contribution in [0, 0.1) is 5.41 Å². The Balaban J connectivity index is 1.57. The van der Waals surface area contributed by atoms with Crippen molar-refractivity contribution in [3.05, 3.63) is 24.0 Å². The lowest BCUT2D eigenvalue weighted by atomic mass is 9.68. The van der Waals surface area contributed by atoms with Crippen LogP contribution in [0.4, 0.5) is 0 Å². The summed E-state index contributed by atoms with van der Waals surface area (Å²) in [4.78, 5) is 29.0. The molecule has 1 aromatic rings. The van der Waals surface area contributed by atoms with Gasteiger partial charge in [-0.15, -0.1) is 0 Å². The molecule has 6 nitrogen and oxygen atoms in total. The number of hydrogen-bond acceptors (Lipinski definition) is 3. The molecule has 3 fully saturated rings. The van der Waals surface area contributed by atoms with Crippen molar-refractivity contribution in [3.8, 4) is 0 Å². The summed E-state index contributed by atoms with van der Waals surface area (Å²) in [5.41, 5.74) is 0.0567. The summed E-state index contributed by atoms with van der Waals surface area (Å²) in [6.45, 7) is 1.95. The van der Waals surface area contributed by atoms with Gasteiger partial charge in [0.1, 0.15) is 5.69 Å². The Morgan fingerprint density at radius 3 is 2.75 bits per heavy atom. The second-order valence-corrected chi connectivity index (χ2v) is 7.59. The van der Waals surface area contributed by atoms with E-state index in [9.17, 15) is 14.7 Å². The van der Waals surface area contributed by atoms with Crippen LogP contribution in [0.25, 0.3) is 0 Å². The molecule has 3 heterocycles. The number of carboxylic acid groups (broad SMARTS) is 1. The molecule has 0 bridgehead atoms. The molecule has 0 aromatic carbocycles. The number of carbonyl (C=O) groups is 2. The molecule has 0 unspecified atom stereocenters. The minimum atomic E-state index is -0.701. The maximum Gasteiger partial charge on any atom is 0.311 e. The van der Waals surface area contributed by atoms with Gasteiger partial charge in [0.05, 0.1) is 5.41 Å². The monoisotopic (exact) mass is 331 g/mol. The lowest BCUT2D eigenvalue weighted by Crippen LogP contribution is -2.63. The molecule has 130 valence electrons. The Labute approximate surface area is 142 Å². The van der Waals surface area contributed by atoms with Crippen molar-refractivity contribution in [1.29, 1.82) is 0 Å². The summed E-state index contributed by atoms with van der Waals surface area (Å²) in [5.74, 6) is -0.655. The highest BCUT2D eigenvalue weighted by molar-refractivity contribution is 5.93. The van der Waals surface area contributed by atoms with Crippen molar-refractivity contribution in [1.82, 2.24) is 14.4 Å². The number of hydrogen-bond donors (Lipinski definition) is 1. The van der Waals surface area contributed by atoms with E-state index in [0.717, 1.165) is 37.9 Å². The van der Waals surface area contributed by atoms with E-state index in [1.165, 1.54) is 0 Å². The van der Waals surface area contributed by atoms with E-state index < -0.39 is 11.4 Å². The standard InChI is InChI=1S/C18H25N3O3/c1-19-9-3-7-18(17(23)24)8-11-20(12-15(18)19)16(22)14-4-2-10-21(14)13-5-6-13/h2,4,10,13,15H,3,5-9,11-12H2,1H3,(H,23,24)/t15-,18+/m1/s1. The van der Waals surface area contributed by atoms with Gasteiger partial charge in [0.15, 0.2) is 0 Å². The van der Waals surface area contributed by atoms with Crippen molar-refractivity contribution in [2.75, 3.05) is 26.7 Å². The van der Waals surface area contributed by atoms with Gasteiger partial charge in [0.25, 0.3) is 5.91 Å². The van der Waals surface area contributed by atoms with E-state index in [2.05, 4.69) is 9.47 Å². The Morgan fingerprint density at radius 1 is 1.25 bits per heavy atom. The van der Waals surface area contributed by atoms with Crippen LogP contribution < -0.4 is 0 Å². The van der Waals surface area contributed by atoms with Crippen LogP contribution in [0.15, 0.2) is 18.3 Å². The Hall–Kier alpha value is -1.82. The van der Waals surface area contributed by atoms with E-state index in [-0.39, 0.29) is 11.9 Å². The van der Waals surface area contributed by atoms with E-state index in [4.69, 9.17) is 0 Å². The van der Waals surface area contributed by atoms with Gasteiger partial charge in [-0.25, -0.2) is 0 Å². The van der Waals surface area contributed by atoms with Gasteiger partial charge in [0, 0.05) is 31.4 Å². The molecule has 2 saturated heterocycles. The van der Waals surface area contributed by atoms with E-state index in [0.29, 0.717) is 25.6 Å². The largest absolute Gasteiger partial charge is 0.481 e. The number of likely N-dealkylation sites (tertiary alicyclic amines) is 2. The van der Waals surface area contributed by atoms with Crippen molar-refractivity contribution < 1.29 is 14.7 Å². The van der Waals surface area contributed by atoms with Crippen molar-refractivity contribution in [2.24, 2.45) is 5.41 Å². The second kappa shape index (κ2) is 5.62. The molecule has 1 saturated carbocycles. The topological polar surface area (TPSA) is 65.8 Å². The molecule has 3 aliphatic rings. The van der Waals surface area contributed by atoms with E-state index >= 15 is 0 Å². The molecule has 4 rings (SSSR count). The van der Waals surface area contributed by atoms with Crippen LogP contribution >= 0.6 is 0 Å². The number of aliphatic carboxylic acids is 1. The van der Waals surface area contributed by atoms with Gasteiger partial charge >= 0.3 is 5.97 Å². The summed E-state index contributed by atoms with van der Waals surface area (Å²) >= 11 is 0. The summed E-state index contributed by atoms with van der Waals surface area (Å²) in [6.07, 6.45) is 6.46. The third-order valence-corrected chi connectivity index (χ3v) is 6.18. The van der Waals surface area contributed by atoms with Gasteiger partial charge in [0.2, 0.25) is 0 Å². The van der Waals surface area contributed by atoms with Gasteiger partial charge in [-0.2, -0.15) is 0 Å². The maximum absolute atomic E-state index is 13.0. The average Bonchev–Trinajstić information content (AvgIpc) is 3.31. The normalized spacial score (nSPS) is 30.9. The predicted octanol–water partition coefficient (Wildman–Crippen LogP) is 1.83. The van der Waals surface area contributed by atoms with Gasteiger partial charge in [-0.05, 0) is 57.8 Å². The van der Waals surface area contributed by atoms with E-state index in [1.807, 2.05) is 30.3 Å². The Bertz CT molecular complexity index is 666. The molecule has 0 spiro atoms. The molecule has 1 aromatic heterocycles. The van der Waals surface area contributed by atoms with Crippen LogP contribution in [0.1, 0.15) is 48.6 Å². The summed E-state index contributed by atoms with van der Waals surface area (Å²) < 4.78 is 2.09. The first kappa shape index (κ1) is 15.7. The number of rotatable bonds is 3. The van der Waals surface area contributed by atoms with Crippen molar-refractivity contribution in [2.45, 2.75) is 44.2 Å². The molecule has 2 atom stereocenters. The first-order valence-electron chi connectivity index (χ1n) is 8.93. The fourth-order valence-electron chi connectivity index (χ4n) is 4.58. The molecule has 1 N–H and O–H groups in total. The fourth-order valence-corrected chi connectivity index (χ4v) is 4.58. The van der Waals surface area contributed by atoms with Gasteiger partial charge < -0.3 is 19.5 Å². The number of carboxylic acids is 1.